The van der Waals surface area contributed by atoms with Crippen molar-refractivity contribution in [3.63, 3.8) is 0 Å². The van der Waals surface area contributed by atoms with Crippen molar-refractivity contribution in [2.24, 2.45) is 0 Å². The van der Waals surface area contributed by atoms with Gasteiger partial charge in [0.1, 0.15) is 5.82 Å². The molecule has 2 aromatic carbocycles. The summed E-state index contributed by atoms with van der Waals surface area (Å²) < 4.78 is 13.2. The second-order valence-electron chi connectivity index (χ2n) is 5.47. The summed E-state index contributed by atoms with van der Waals surface area (Å²) in [5.74, 6) is -0.0176. The fourth-order valence-corrected chi connectivity index (χ4v) is 2.65. The molecule has 0 fully saturated rings. The molecule has 2 aromatic heterocycles. The molecule has 0 aliphatic carbocycles. The quantitative estimate of drug-likeness (QED) is 0.597. The molecule has 0 unspecified atom stereocenters. The van der Waals surface area contributed by atoms with Gasteiger partial charge in [-0.15, -0.1) is 0 Å². The Hall–Kier alpha value is -3.54. The number of hydrogen-bond donors (Lipinski definition) is 2. The van der Waals surface area contributed by atoms with E-state index in [1.54, 1.807) is 24.4 Å². The van der Waals surface area contributed by atoms with Crippen LogP contribution in [0.4, 0.5) is 16.0 Å². The van der Waals surface area contributed by atoms with E-state index in [2.05, 4.69) is 20.3 Å². The predicted octanol–water partition coefficient (Wildman–Crippen LogP) is 3.87. The number of fused-ring (bicyclic) bond motifs is 1. The molecule has 0 radical (unpaired) electrons. The number of H-pyrrole nitrogens is 1. The van der Waals surface area contributed by atoms with E-state index in [4.69, 9.17) is 0 Å². The topological polar surface area (TPSA) is 70.7 Å². The molecule has 4 aromatic rings. The molecule has 0 saturated carbocycles. The normalized spacial score (nSPS) is 10.8. The molecule has 2 N–H and O–H groups in total. The molecule has 0 spiro atoms. The fraction of sp³-hybridized carbons (Fsp3) is 0. The van der Waals surface area contributed by atoms with Crippen LogP contribution in [-0.4, -0.2) is 15.0 Å². The van der Waals surface area contributed by atoms with Crippen LogP contribution in [0.3, 0.4) is 0 Å². The number of aromatic nitrogens is 3. The molecule has 0 saturated heterocycles. The Kier molecular flexibility index (Phi) is 3.70. The molecule has 122 valence electrons. The van der Waals surface area contributed by atoms with Crippen LogP contribution in [0.2, 0.25) is 0 Å². The lowest BCUT2D eigenvalue weighted by molar-refractivity contribution is 0.628. The first-order valence-corrected chi connectivity index (χ1v) is 7.68. The maximum absolute atomic E-state index is 13.2. The second kappa shape index (κ2) is 6.16. The average molecular weight is 332 g/mol. The molecule has 5 nitrogen and oxygen atoms in total. The van der Waals surface area contributed by atoms with Gasteiger partial charge >= 0.3 is 0 Å². The Bertz CT molecular complexity index is 1090. The van der Waals surface area contributed by atoms with Crippen LogP contribution in [-0.2, 0) is 0 Å². The van der Waals surface area contributed by atoms with Crippen LogP contribution in [0.1, 0.15) is 0 Å². The number of nitrogens with one attached hydrogen (secondary N) is 2. The summed E-state index contributed by atoms with van der Waals surface area (Å²) >= 11 is 0. The van der Waals surface area contributed by atoms with Crippen LogP contribution in [0.25, 0.3) is 22.2 Å². The fourth-order valence-electron chi connectivity index (χ4n) is 2.65. The maximum Gasteiger partial charge on any atom is 0.262 e. The summed E-state index contributed by atoms with van der Waals surface area (Å²) in [7, 11) is 0. The predicted molar refractivity (Wildman–Crippen MR) is 95.3 cm³/mol. The minimum Gasteiger partial charge on any atom is -0.326 e. The number of pyridine rings is 1. The zero-order valence-corrected chi connectivity index (χ0v) is 13.0. The van der Waals surface area contributed by atoms with E-state index >= 15 is 0 Å². The molecule has 0 aliphatic heterocycles. The molecule has 0 aliphatic rings. The van der Waals surface area contributed by atoms with Gasteiger partial charge in [-0.2, -0.15) is 4.98 Å². The van der Waals surface area contributed by atoms with Crippen molar-refractivity contribution in [3.8, 4) is 11.1 Å². The summed E-state index contributed by atoms with van der Waals surface area (Å²) in [5, 5.41) is 3.42. The zero-order chi connectivity index (χ0) is 17.2. The molecular formula is C19H13FN4O. The molecule has 0 amide bonds. The van der Waals surface area contributed by atoms with Crippen molar-refractivity contribution < 1.29 is 4.39 Å². The molecule has 6 heteroatoms. The zero-order valence-electron chi connectivity index (χ0n) is 13.0. The van der Waals surface area contributed by atoms with E-state index in [0.717, 1.165) is 11.3 Å². The van der Waals surface area contributed by atoms with Crippen molar-refractivity contribution in [2.45, 2.75) is 0 Å². The van der Waals surface area contributed by atoms with E-state index in [0.29, 0.717) is 22.5 Å². The largest absolute Gasteiger partial charge is 0.326 e. The summed E-state index contributed by atoms with van der Waals surface area (Å²) in [6.45, 7) is 0. The second-order valence-corrected chi connectivity index (χ2v) is 5.47. The molecule has 4 rings (SSSR count). The molecule has 25 heavy (non-hydrogen) atoms. The number of para-hydroxylation sites is 1. The highest BCUT2D eigenvalue weighted by molar-refractivity contribution is 5.92. The number of hydrogen-bond acceptors (Lipinski definition) is 4. The molecule has 2 heterocycles. The molecule has 0 bridgehead atoms. The maximum atomic E-state index is 13.2. The van der Waals surface area contributed by atoms with Crippen LogP contribution in [0, 0.1) is 5.82 Å². The Balaban J connectivity index is 1.83. The van der Waals surface area contributed by atoms with Gasteiger partial charge in [0.05, 0.1) is 5.39 Å². The highest BCUT2D eigenvalue weighted by atomic mass is 19.1. The summed E-state index contributed by atoms with van der Waals surface area (Å²) in [6, 6.07) is 17.1. The third kappa shape index (κ3) is 2.97. The van der Waals surface area contributed by atoms with Gasteiger partial charge in [-0.25, -0.2) is 9.37 Å². The van der Waals surface area contributed by atoms with Crippen LogP contribution >= 0.6 is 0 Å². The van der Waals surface area contributed by atoms with Crippen LogP contribution < -0.4 is 10.9 Å². The summed E-state index contributed by atoms with van der Waals surface area (Å²) in [6.07, 6.45) is 1.58. The van der Waals surface area contributed by atoms with Crippen LogP contribution in [0.5, 0.6) is 0 Å². The standard InChI is InChI=1S/C19H13FN4O/c20-13-8-6-12(7-9-13)15-10-11-21-17-16(15)18(25)24-19(23-17)22-14-4-2-1-3-5-14/h1-11H,(H2,21,22,23,24,25). The SMILES string of the molecule is O=c1[nH]c(Nc2ccccc2)nc2nccc(-c3ccc(F)cc3)c12. The number of nitrogens with zero attached hydrogens (tertiary/aromatic N) is 2. The molecule has 0 atom stereocenters. The van der Waals surface area contributed by atoms with Gasteiger partial charge in [0.25, 0.3) is 5.56 Å². The lowest BCUT2D eigenvalue weighted by Gasteiger charge is -2.08. The number of benzene rings is 2. The minimum atomic E-state index is -0.330. The highest BCUT2D eigenvalue weighted by Crippen LogP contribution is 2.25. The van der Waals surface area contributed by atoms with Gasteiger partial charge in [-0.3, -0.25) is 9.78 Å². The third-order valence-electron chi connectivity index (χ3n) is 3.80. The highest BCUT2D eigenvalue weighted by Gasteiger charge is 2.11. The average Bonchev–Trinajstić information content (AvgIpc) is 2.63. The smallest absolute Gasteiger partial charge is 0.262 e. The van der Waals surface area contributed by atoms with Crippen molar-refractivity contribution in [1.82, 2.24) is 15.0 Å². The lowest BCUT2D eigenvalue weighted by Crippen LogP contribution is -2.13. The van der Waals surface area contributed by atoms with E-state index < -0.39 is 0 Å². The first-order valence-electron chi connectivity index (χ1n) is 7.68. The van der Waals surface area contributed by atoms with Crippen molar-refractivity contribution in [2.75, 3.05) is 5.32 Å². The minimum absolute atomic E-state index is 0.309. The van der Waals surface area contributed by atoms with Gasteiger partial charge in [0.15, 0.2) is 5.65 Å². The van der Waals surface area contributed by atoms with Gasteiger partial charge < -0.3 is 5.32 Å². The van der Waals surface area contributed by atoms with E-state index in [1.807, 2.05) is 30.3 Å². The van der Waals surface area contributed by atoms with Crippen LogP contribution in [0.15, 0.2) is 71.7 Å². The Labute approximate surface area is 142 Å². The number of aromatic amines is 1. The van der Waals surface area contributed by atoms with E-state index in [9.17, 15) is 9.18 Å². The van der Waals surface area contributed by atoms with Gasteiger partial charge in [0, 0.05) is 11.9 Å². The third-order valence-corrected chi connectivity index (χ3v) is 3.80. The van der Waals surface area contributed by atoms with Crippen molar-refractivity contribution in [3.05, 3.63) is 83.0 Å². The van der Waals surface area contributed by atoms with Gasteiger partial charge in [-0.05, 0) is 41.5 Å². The lowest BCUT2D eigenvalue weighted by atomic mass is 10.0. The van der Waals surface area contributed by atoms with E-state index in [-0.39, 0.29) is 11.4 Å². The van der Waals surface area contributed by atoms with E-state index in [1.165, 1.54) is 12.1 Å². The Morgan fingerprint density at radius 3 is 2.48 bits per heavy atom. The number of anilines is 2. The summed E-state index contributed by atoms with van der Waals surface area (Å²) in [5.41, 5.74) is 2.20. The van der Waals surface area contributed by atoms with Crippen molar-refractivity contribution >= 4 is 22.7 Å². The first kappa shape index (κ1) is 15.0. The number of rotatable bonds is 3. The van der Waals surface area contributed by atoms with Crippen molar-refractivity contribution in [1.29, 1.82) is 0 Å². The summed E-state index contributed by atoms with van der Waals surface area (Å²) in [4.78, 5) is 23.9. The van der Waals surface area contributed by atoms with Gasteiger partial charge in [-0.1, -0.05) is 30.3 Å². The Morgan fingerprint density at radius 1 is 0.960 bits per heavy atom. The van der Waals surface area contributed by atoms with Gasteiger partial charge in [0.2, 0.25) is 5.95 Å². The number of halogens is 1. The first-order chi connectivity index (χ1) is 12.2. The Morgan fingerprint density at radius 2 is 1.72 bits per heavy atom. The monoisotopic (exact) mass is 332 g/mol. The molecular weight excluding hydrogens is 319 g/mol.